The first kappa shape index (κ1) is 29.4. The number of likely N-dealkylation sites (tertiary alicyclic amines) is 1. The molecule has 0 saturated carbocycles. The van der Waals surface area contributed by atoms with Crippen LogP contribution < -0.4 is 19.1 Å². The van der Waals surface area contributed by atoms with Crippen LogP contribution >= 0.6 is 0 Å². The summed E-state index contributed by atoms with van der Waals surface area (Å²) in [5.74, 6) is 0.308. The maximum absolute atomic E-state index is 13.9. The van der Waals surface area contributed by atoms with Crippen molar-refractivity contribution in [3.8, 4) is 11.5 Å². The molecule has 0 aromatic heterocycles. The third-order valence-electron chi connectivity index (χ3n) is 7.06. The number of amides is 1. The number of hydrogen-bond donors (Lipinski definition) is 1. The number of carbonyl (C=O) groups excluding carboxylic acids is 1. The quantitative estimate of drug-likeness (QED) is 0.359. The number of ether oxygens (including phenoxy) is 2. The van der Waals surface area contributed by atoms with E-state index < -0.39 is 15.9 Å². The van der Waals surface area contributed by atoms with Crippen LogP contribution in [0.4, 0.5) is 5.69 Å². The Hall–Kier alpha value is -3.56. The molecule has 40 heavy (non-hydrogen) atoms. The highest BCUT2D eigenvalue weighted by molar-refractivity contribution is 7.92. The molecule has 0 radical (unpaired) electrons. The molecule has 1 saturated heterocycles. The number of carbonyl (C=O) groups is 1. The monoisotopic (exact) mass is 565 g/mol. The average Bonchev–Trinajstić information content (AvgIpc) is 2.94. The van der Waals surface area contributed by atoms with Gasteiger partial charge in [-0.3, -0.25) is 14.0 Å². The Morgan fingerprint density at radius 3 is 2.23 bits per heavy atom. The van der Waals surface area contributed by atoms with Crippen molar-refractivity contribution >= 4 is 21.6 Å². The molecule has 0 atom stereocenters. The number of aryl methyl sites for hydroxylation is 2. The van der Waals surface area contributed by atoms with E-state index in [0.717, 1.165) is 40.6 Å². The van der Waals surface area contributed by atoms with E-state index in [9.17, 15) is 13.2 Å². The molecule has 1 amide bonds. The molecule has 214 valence electrons. The van der Waals surface area contributed by atoms with Crippen molar-refractivity contribution in [1.82, 2.24) is 10.2 Å². The van der Waals surface area contributed by atoms with Gasteiger partial charge in [-0.15, -0.1) is 0 Å². The van der Waals surface area contributed by atoms with Crippen LogP contribution in [0.3, 0.4) is 0 Å². The second-order valence-electron chi connectivity index (χ2n) is 10.3. The van der Waals surface area contributed by atoms with Gasteiger partial charge in [0.25, 0.3) is 10.0 Å². The van der Waals surface area contributed by atoms with E-state index in [2.05, 4.69) is 22.3 Å². The van der Waals surface area contributed by atoms with E-state index in [1.807, 2.05) is 32.0 Å². The number of rotatable bonds is 11. The zero-order valence-electron chi connectivity index (χ0n) is 23.8. The van der Waals surface area contributed by atoms with E-state index in [-0.39, 0.29) is 17.2 Å². The highest BCUT2D eigenvalue weighted by Crippen LogP contribution is 2.32. The standard InChI is InChI=1S/C31H39N3O5S/c1-23-15-24(2)17-27(16-23)34(40(36,37)28-11-12-29(38-3)30(19-28)39-4)22-31(35)32-20-25-9-8-10-26(18-25)21-33-13-6-5-7-14-33/h8-12,15-19H,5-7,13-14,20-22H2,1-4H3,(H,32,35). The van der Waals surface area contributed by atoms with Gasteiger partial charge in [-0.1, -0.05) is 36.8 Å². The van der Waals surface area contributed by atoms with Gasteiger partial charge in [0.1, 0.15) is 6.54 Å². The van der Waals surface area contributed by atoms with Crippen LogP contribution in [0.5, 0.6) is 11.5 Å². The van der Waals surface area contributed by atoms with Crippen LogP contribution in [-0.4, -0.2) is 53.1 Å². The third kappa shape index (κ3) is 7.34. The van der Waals surface area contributed by atoms with E-state index in [0.29, 0.717) is 18.0 Å². The summed E-state index contributed by atoms with van der Waals surface area (Å²) in [5.41, 5.74) is 4.40. The van der Waals surface area contributed by atoms with Gasteiger partial charge in [-0.25, -0.2) is 8.42 Å². The Balaban J connectivity index is 1.54. The van der Waals surface area contributed by atoms with Gasteiger partial charge < -0.3 is 14.8 Å². The minimum Gasteiger partial charge on any atom is -0.493 e. The van der Waals surface area contributed by atoms with Gasteiger partial charge in [0.15, 0.2) is 11.5 Å². The zero-order chi connectivity index (χ0) is 28.7. The summed E-state index contributed by atoms with van der Waals surface area (Å²) < 4.78 is 39.6. The normalized spacial score (nSPS) is 14.0. The number of nitrogens with zero attached hydrogens (tertiary/aromatic N) is 2. The second kappa shape index (κ2) is 13.2. The molecule has 8 nitrogen and oxygen atoms in total. The zero-order valence-corrected chi connectivity index (χ0v) is 24.6. The molecule has 0 unspecified atom stereocenters. The summed E-state index contributed by atoms with van der Waals surface area (Å²) in [6, 6.07) is 18.1. The van der Waals surface area contributed by atoms with Crippen LogP contribution in [0.2, 0.25) is 0 Å². The molecular weight excluding hydrogens is 526 g/mol. The maximum atomic E-state index is 13.9. The highest BCUT2D eigenvalue weighted by Gasteiger charge is 2.28. The topological polar surface area (TPSA) is 88.2 Å². The Morgan fingerprint density at radius 1 is 0.875 bits per heavy atom. The summed E-state index contributed by atoms with van der Waals surface area (Å²) in [5, 5.41) is 2.92. The fourth-order valence-corrected chi connectivity index (χ4v) is 6.54. The molecule has 0 aliphatic carbocycles. The van der Waals surface area contributed by atoms with Crippen molar-refractivity contribution < 1.29 is 22.7 Å². The second-order valence-corrected chi connectivity index (χ2v) is 12.2. The summed E-state index contributed by atoms with van der Waals surface area (Å²) in [7, 11) is -1.18. The molecule has 9 heteroatoms. The molecule has 3 aromatic carbocycles. The first-order chi connectivity index (χ1) is 19.2. The fraction of sp³-hybridized carbons (Fsp3) is 0.387. The molecule has 1 N–H and O–H groups in total. The predicted molar refractivity (Wildman–Crippen MR) is 157 cm³/mol. The van der Waals surface area contributed by atoms with Crippen LogP contribution in [0, 0.1) is 13.8 Å². The Bertz CT molecular complexity index is 1410. The van der Waals surface area contributed by atoms with Gasteiger partial charge in [0, 0.05) is 19.2 Å². The largest absolute Gasteiger partial charge is 0.493 e. The highest BCUT2D eigenvalue weighted by atomic mass is 32.2. The number of anilines is 1. The number of piperidine rings is 1. The summed E-state index contributed by atoms with van der Waals surface area (Å²) >= 11 is 0. The lowest BCUT2D eigenvalue weighted by atomic mass is 10.1. The van der Waals surface area contributed by atoms with Crippen molar-refractivity contribution in [2.24, 2.45) is 0 Å². The Morgan fingerprint density at radius 2 is 1.55 bits per heavy atom. The fourth-order valence-electron chi connectivity index (χ4n) is 5.11. The Kier molecular flexibility index (Phi) is 9.71. The summed E-state index contributed by atoms with van der Waals surface area (Å²) in [6.07, 6.45) is 3.77. The lowest BCUT2D eigenvalue weighted by molar-refractivity contribution is -0.119. The van der Waals surface area contributed by atoms with Gasteiger partial charge in [-0.2, -0.15) is 0 Å². The molecule has 4 rings (SSSR count). The first-order valence-corrected chi connectivity index (χ1v) is 15.0. The van der Waals surface area contributed by atoms with Crippen LogP contribution in [-0.2, 0) is 27.9 Å². The van der Waals surface area contributed by atoms with E-state index in [4.69, 9.17) is 9.47 Å². The molecule has 3 aromatic rings. The van der Waals surface area contributed by atoms with Crippen molar-refractivity contribution in [3.63, 3.8) is 0 Å². The van der Waals surface area contributed by atoms with Gasteiger partial charge in [0.05, 0.1) is 24.8 Å². The maximum Gasteiger partial charge on any atom is 0.264 e. The van der Waals surface area contributed by atoms with Crippen molar-refractivity contribution in [2.75, 3.05) is 38.2 Å². The van der Waals surface area contributed by atoms with Crippen LogP contribution in [0.25, 0.3) is 0 Å². The number of benzene rings is 3. The SMILES string of the molecule is COc1ccc(S(=O)(=O)N(CC(=O)NCc2cccc(CN3CCCCC3)c2)c2cc(C)cc(C)c2)cc1OC. The average molecular weight is 566 g/mol. The lowest BCUT2D eigenvalue weighted by Crippen LogP contribution is -2.40. The molecule has 1 aliphatic rings. The van der Waals surface area contributed by atoms with Crippen LogP contribution in [0.15, 0.2) is 65.6 Å². The minimum absolute atomic E-state index is 0.00234. The number of sulfonamides is 1. The minimum atomic E-state index is -4.11. The number of methoxy groups -OCH3 is 2. The lowest BCUT2D eigenvalue weighted by Gasteiger charge is -2.26. The smallest absolute Gasteiger partial charge is 0.264 e. The molecule has 0 spiro atoms. The van der Waals surface area contributed by atoms with Crippen molar-refractivity contribution in [2.45, 2.75) is 51.1 Å². The van der Waals surface area contributed by atoms with Crippen molar-refractivity contribution in [3.05, 3.63) is 82.9 Å². The molecule has 1 heterocycles. The predicted octanol–water partition coefficient (Wildman–Crippen LogP) is 4.82. The van der Waals surface area contributed by atoms with E-state index in [1.54, 1.807) is 18.2 Å². The molecule has 1 aliphatic heterocycles. The third-order valence-corrected chi connectivity index (χ3v) is 8.83. The van der Waals surface area contributed by atoms with Gasteiger partial charge in [0.2, 0.25) is 5.91 Å². The number of hydrogen-bond acceptors (Lipinski definition) is 6. The van der Waals surface area contributed by atoms with E-state index >= 15 is 0 Å². The van der Waals surface area contributed by atoms with Crippen LogP contribution in [0.1, 0.15) is 41.5 Å². The number of nitrogens with one attached hydrogen (secondary N) is 1. The van der Waals surface area contributed by atoms with Crippen molar-refractivity contribution in [1.29, 1.82) is 0 Å². The van der Waals surface area contributed by atoms with Gasteiger partial charge in [-0.05, 0) is 86.3 Å². The summed E-state index contributed by atoms with van der Waals surface area (Å²) in [6.45, 7) is 6.86. The Labute approximate surface area is 238 Å². The van der Waals surface area contributed by atoms with E-state index in [1.165, 1.54) is 51.2 Å². The molecule has 0 bridgehead atoms. The van der Waals surface area contributed by atoms with Gasteiger partial charge >= 0.3 is 0 Å². The molecular formula is C31H39N3O5S. The first-order valence-electron chi connectivity index (χ1n) is 13.6. The summed E-state index contributed by atoms with van der Waals surface area (Å²) in [4.78, 5) is 15.7. The molecule has 1 fully saturated rings.